The summed E-state index contributed by atoms with van der Waals surface area (Å²) in [4.78, 5) is 31.6. The number of nitrogens with one attached hydrogen (secondary N) is 1. The van der Waals surface area contributed by atoms with Crippen LogP contribution in [0.4, 0.5) is 18.9 Å². The van der Waals surface area contributed by atoms with Gasteiger partial charge in [0.1, 0.15) is 11.3 Å². The van der Waals surface area contributed by atoms with Gasteiger partial charge in [0.15, 0.2) is 5.69 Å². The summed E-state index contributed by atoms with van der Waals surface area (Å²) < 4.78 is 45.8. The number of carbonyl (C=O) groups is 1. The van der Waals surface area contributed by atoms with E-state index in [1.165, 1.54) is 16.8 Å². The molecule has 9 nitrogen and oxygen atoms in total. The van der Waals surface area contributed by atoms with Gasteiger partial charge in [0, 0.05) is 19.5 Å². The number of quaternary nitrogens is 1. The smallest absolute Gasteiger partial charge is 0.349 e. The number of halogens is 3. The highest BCUT2D eigenvalue weighted by Gasteiger charge is 2.33. The minimum Gasteiger partial charge on any atom is -0.349 e. The molecule has 236 valence electrons. The van der Waals surface area contributed by atoms with Crippen LogP contribution >= 0.6 is 0 Å². The van der Waals surface area contributed by atoms with Gasteiger partial charge in [-0.2, -0.15) is 18.3 Å². The molecular formula is C33H37F3N7O2+. The van der Waals surface area contributed by atoms with Gasteiger partial charge in [0.2, 0.25) is 0 Å². The van der Waals surface area contributed by atoms with E-state index in [0.29, 0.717) is 28.0 Å². The third-order valence-electron chi connectivity index (χ3n) is 8.21. The van der Waals surface area contributed by atoms with Crippen molar-refractivity contribution in [2.75, 3.05) is 27.7 Å². The van der Waals surface area contributed by atoms with Crippen molar-refractivity contribution in [3.05, 3.63) is 93.2 Å². The number of carbonyl (C=O) groups excluding carboxylic acids is 1. The zero-order valence-electron chi connectivity index (χ0n) is 25.9. The van der Waals surface area contributed by atoms with E-state index in [4.69, 9.17) is 6.57 Å². The molecule has 12 heteroatoms. The maximum Gasteiger partial charge on any atom is 0.416 e. The fraction of sp³-hybridized carbons (Fsp3) is 0.394. The Kier molecular flexibility index (Phi) is 8.76. The van der Waals surface area contributed by atoms with Crippen LogP contribution in [0.25, 0.3) is 27.6 Å². The zero-order chi connectivity index (χ0) is 32.5. The lowest BCUT2D eigenvalue weighted by Crippen LogP contribution is -2.38. The Morgan fingerprint density at radius 2 is 1.82 bits per heavy atom. The van der Waals surface area contributed by atoms with Crippen LogP contribution in [0.15, 0.2) is 59.5 Å². The lowest BCUT2D eigenvalue weighted by molar-refractivity contribution is -0.870. The van der Waals surface area contributed by atoms with Crippen LogP contribution in [0, 0.1) is 6.57 Å². The number of rotatable bonds is 8. The SMILES string of the molecule is [C-]#[N+]c1ccc(-n2nccc2-c2c(C(=O)NC3CCCCC3)c(=O)n(-c3cccc(C(F)(F)F)c3)n2C)c(CC[N+](C)(C)C)c1. The Bertz CT molecular complexity index is 1810. The molecule has 2 heterocycles. The van der Waals surface area contributed by atoms with Gasteiger partial charge in [-0.25, -0.2) is 14.2 Å². The number of likely N-dealkylation sites (N-methyl/N-ethyl adjacent to an activating group) is 1. The molecule has 2 aromatic carbocycles. The maximum atomic E-state index is 14.1. The molecule has 0 bridgehead atoms. The van der Waals surface area contributed by atoms with Crippen LogP contribution in [0.2, 0.25) is 0 Å². The summed E-state index contributed by atoms with van der Waals surface area (Å²) in [5.41, 5.74) is 0.798. The monoisotopic (exact) mass is 620 g/mol. The van der Waals surface area contributed by atoms with E-state index in [9.17, 15) is 22.8 Å². The van der Waals surface area contributed by atoms with E-state index in [-0.39, 0.29) is 23.0 Å². The number of nitrogens with zero attached hydrogens (tertiary/aromatic N) is 6. The van der Waals surface area contributed by atoms with E-state index in [2.05, 4.69) is 36.4 Å². The van der Waals surface area contributed by atoms with Gasteiger partial charge in [0.05, 0.1) is 63.1 Å². The van der Waals surface area contributed by atoms with Crippen LogP contribution in [0.3, 0.4) is 0 Å². The van der Waals surface area contributed by atoms with Crippen molar-refractivity contribution in [3.63, 3.8) is 0 Å². The molecule has 1 amide bonds. The number of benzene rings is 2. The normalized spacial score (nSPS) is 14.4. The fourth-order valence-corrected chi connectivity index (χ4v) is 5.89. The van der Waals surface area contributed by atoms with Crippen LogP contribution in [-0.2, 0) is 19.6 Å². The molecule has 0 aliphatic heterocycles. The Labute approximate surface area is 259 Å². The summed E-state index contributed by atoms with van der Waals surface area (Å²) in [6.07, 6.45) is 2.14. The van der Waals surface area contributed by atoms with Crippen LogP contribution < -0.4 is 10.9 Å². The maximum absolute atomic E-state index is 14.1. The van der Waals surface area contributed by atoms with E-state index in [1.807, 2.05) is 6.07 Å². The largest absolute Gasteiger partial charge is 0.416 e. The van der Waals surface area contributed by atoms with Gasteiger partial charge >= 0.3 is 6.18 Å². The van der Waals surface area contributed by atoms with Gasteiger partial charge in [-0.15, -0.1) is 0 Å². The molecule has 1 N–H and O–H groups in total. The first-order valence-corrected chi connectivity index (χ1v) is 14.9. The average Bonchev–Trinajstić information content (AvgIpc) is 3.57. The molecule has 45 heavy (non-hydrogen) atoms. The predicted octanol–water partition coefficient (Wildman–Crippen LogP) is 5.91. The standard InChI is InChI=1S/C33H36F3N7O2/c1-37-25-14-15-27(22(20-25)17-19-43(3,4)5)41-28(16-18-38-41)30-29(31(44)39-24-11-7-6-8-12-24)32(45)42(40(30)2)26-13-9-10-23(21-26)33(34,35)36/h9-10,13-16,18,20-21,24H,6-8,11-12,17,19H2,2-5H3/p+1. The topological polar surface area (TPSA) is 78.2 Å². The second-order valence-electron chi connectivity index (χ2n) is 12.5. The van der Waals surface area contributed by atoms with Crippen molar-refractivity contribution in [2.24, 2.45) is 7.05 Å². The number of aromatic nitrogens is 4. The van der Waals surface area contributed by atoms with E-state index >= 15 is 0 Å². The lowest BCUT2D eigenvalue weighted by Gasteiger charge is -2.24. The first-order chi connectivity index (χ1) is 21.3. The minimum absolute atomic E-state index is 0.0219. The second kappa shape index (κ2) is 12.4. The summed E-state index contributed by atoms with van der Waals surface area (Å²) in [5.74, 6) is -0.579. The van der Waals surface area contributed by atoms with E-state index in [1.54, 1.807) is 36.1 Å². The highest BCUT2D eigenvalue weighted by atomic mass is 19.4. The summed E-state index contributed by atoms with van der Waals surface area (Å²) in [6.45, 7) is 8.30. The van der Waals surface area contributed by atoms with Crippen LogP contribution in [0.1, 0.15) is 53.6 Å². The van der Waals surface area contributed by atoms with Crippen molar-refractivity contribution >= 4 is 11.6 Å². The molecule has 0 atom stereocenters. The third-order valence-corrected chi connectivity index (χ3v) is 8.21. The minimum atomic E-state index is -4.62. The first-order valence-electron chi connectivity index (χ1n) is 14.9. The van der Waals surface area contributed by atoms with Crippen LogP contribution in [-0.4, -0.2) is 63.3 Å². The summed E-state index contributed by atoms with van der Waals surface area (Å²) in [5, 5.41) is 7.59. The quantitative estimate of drug-likeness (QED) is 0.197. The molecule has 0 spiro atoms. The van der Waals surface area contributed by atoms with Crippen molar-refractivity contribution in [3.8, 4) is 22.8 Å². The fourth-order valence-electron chi connectivity index (χ4n) is 5.89. The van der Waals surface area contributed by atoms with E-state index < -0.39 is 23.2 Å². The molecule has 0 radical (unpaired) electrons. The molecule has 1 aliphatic carbocycles. The number of hydrogen-bond acceptors (Lipinski definition) is 3. The molecule has 4 aromatic rings. The Morgan fingerprint density at radius 1 is 1.09 bits per heavy atom. The molecule has 2 aromatic heterocycles. The summed E-state index contributed by atoms with van der Waals surface area (Å²) in [6, 6.07) is 11.3. The predicted molar refractivity (Wildman–Crippen MR) is 166 cm³/mol. The molecular weight excluding hydrogens is 583 g/mol. The van der Waals surface area contributed by atoms with Crippen molar-refractivity contribution < 1.29 is 22.4 Å². The van der Waals surface area contributed by atoms with Crippen molar-refractivity contribution in [1.29, 1.82) is 0 Å². The van der Waals surface area contributed by atoms with Crippen molar-refractivity contribution in [2.45, 2.75) is 50.7 Å². The summed E-state index contributed by atoms with van der Waals surface area (Å²) in [7, 11) is 7.76. The molecule has 0 saturated heterocycles. The highest BCUT2D eigenvalue weighted by molar-refractivity contribution is 6.00. The van der Waals surface area contributed by atoms with E-state index in [0.717, 1.165) is 61.0 Å². The average molecular weight is 621 g/mol. The molecule has 0 unspecified atom stereocenters. The Balaban J connectivity index is 1.71. The van der Waals surface area contributed by atoms with Gasteiger partial charge in [0.25, 0.3) is 11.5 Å². The van der Waals surface area contributed by atoms with Gasteiger partial charge in [-0.05, 0) is 48.7 Å². The van der Waals surface area contributed by atoms with Gasteiger partial charge < -0.3 is 9.80 Å². The zero-order valence-corrected chi connectivity index (χ0v) is 25.9. The third kappa shape index (κ3) is 6.73. The molecule has 1 fully saturated rings. The van der Waals surface area contributed by atoms with Crippen LogP contribution in [0.5, 0.6) is 0 Å². The Morgan fingerprint density at radius 3 is 2.49 bits per heavy atom. The molecule has 1 saturated carbocycles. The van der Waals surface area contributed by atoms with Crippen molar-refractivity contribution in [1.82, 2.24) is 24.5 Å². The Hall–Kier alpha value is -4.63. The van der Waals surface area contributed by atoms with Gasteiger partial charge in [-0.3, -0.25) is 14.3 Å². The lowest BCUT2D eigenvalue weighted by atomic mass is 9.95. The highest BCUT2D eigenvalue weighted by Crippen LogP contribution is 2.32. The summed E-state index contributed by atoms with van der Waals surface area (Å²) >= 11 is 0. The number of hydrogen-bond donors (Lipinski definition) is 1. The number of alkyl halides is 3. The first kappa shape index (κ1) is 31.8. The number of amides is 1. The molecule has 5 rings (SSSR count). The van der Waals surface area contributed by atoms with Gasteiger partial charge in [-0.1, -0.05) is 37.5 Å². The molecule has 1 aliphatic rings. The second-order valence-corrected chi connectivity index (χ2v) is 12.5.